The van der Waals surface area contributed by atoms with Crippen LogP contribution in [0.2, 0.25) is 0 Å². The second-order valence-corrected chi connectivity index (χ2v) is 4.67. The van der Waals surface area contributed by atoms with Gasteiger partial charge in [-0.2, -0.15) is 13.2 Å². The Morgan fingerprint density at radius 3 is 2.57 bits per heavy atom. The third kappa shape index (κ3) is 3.67. The Kier molecular flexibility index (Phi) is 4.09. The summed E-state index contributed by atoms with van der Waals surface area (Å²) in [6.07, 6.45) is 2.06. The lowest BCUT2D eigenvalue weighted by molar-refractivity contribution is -0.0329. The van der Waals surface area contributed by atoms with E-state index in [4.69, 9.17) is 5.11 Å². The number of aliphatic hydroxyl groups excluding tert-OH is 1. The van der Waals surface area contributed by atoms with Crippen molar-refractivity contribution in [2.75, 3.05) is 18.9 Å². The Labute approximate surface area is 85.3 Å². The molecular formula is C8H14F3NOS. The van der Waals surface area contributed by atoms with E-state index in [0.29, 0.717) is 6.42 Å². The fourth-order valence-corrected chi connectivity index (χ4v) is 2.38. The standard InChI is InChI=1S/C8H14F3NOS/c9-8(10,11)14-5-3-7(6-13)2-1-4-12-7/h12-13H,1-6H2. The predicted molar refractivity (Wildman–Crippen MR) is 50.2 cm³/mol. The molecule has 1 aliphatic rings. The number of aliphatic hydroxyl groups is 1. The quantitative estimate of drug-likeness (QED) is 0.770. The van der Waals surface area contributed by atoms with Crippen LogP contribution in [0.25, 0.3) is 0 Å². The van der Waals surface area contributed by atoms with E-state index in [-0.39, 0.29) is 24.1 Å². The number of rotatable bonds is 4. The van der Waals surface area contributed by atoms with Gasteiger partial charge in [0.2, 0.25) is 0 Å². The zero-order chi connectivity index (χ0) is 10.7. The summed E-state index contributed by atoms with van der Waals surface area (Å²) in [5, 5.41) is 12.2. The molecule has 1 unspecified atom stereocenters. The Morgan fingerprint density at radius 1 is 1.43 bits per heavy atom. The van der Waals surface area contributed by atoms with E-state index in [2.05, 4.69) is 5.32 Å². The van der Waals surface area contributed by atoms with E-state index in [9.17, 15) is 13.2 Å². The minimum absolute atomic E-state index is 0.0110. The van der Waals surface area contributed by atoms with Crippen LogP contribution in [0.5, 0.6) is 0 Å². The number of hydrogen-bond donors (Lipinski definition) is 2. The molecule has 14 heavy (non-hydrogen) atoms. The summed E-state index contributed by atoms with van der Waals surface area (Å²) in [6, 6.07) is 0. The van der Waals surface area contributed by atoms with Gasteiger partial charge >= 0.3 is 5.51 Å². The van der Waals surface area contributed by atoms with Gasteiger partial charge in [-0.25, -0.2) is 0 Å². The summed E-state index contributed by atoms with van der Waals surface area (Å²) in [4.78, 5) is 0. The average Bonchev–Trinajstić information content (AvgIpc) is 2.52. The van der Waals surface area contributed by atoms with Crippen molar-refractivity contribution in [3.8, 4) is 0 Å². The molecule has 0 aliphatic carbocycles. The first-order valence-corrected chi connectivity index (χ1v) is 5.53. The SMILES string of the molecule is OCC1(CCSC(F)(F)F)CCCN1. The first kappa shape index (κ1) is 12.1. The lowest BCUT2D eigenvalue weighted by Gasteiger charge is -2.26. The maximum absolute atomic E-state index is 11.8. The smallest absolute Gasteiger partial charge is 0.394 e. The second kappa shape index (κ2) is 4.72. The fourth-order valence-electron chi connectivity index (χ4n) is 1.66. The van der Waals surface area contributed by atoms with Crippen molar-refractivity contribution in [2.45, 2.75) is 30.3 Å². The van der Waals surface area contributed by atoms with Gasteiger partial charge < -0.3 is 10.4 Å². The van der Waals surface area contributed by atoms with Gasteiger partial charge in [0.15, 0.2) is 0 Å². The molecule has 6 heteroatoms. The molecule has 84 valence electrons. The molecule has 0 aromatic heterocycles. The number of hydrogen-bond acceptors (Lipinski definition) is 3. The van der Waals surface area contributed by atoms with E-state index in [0.717, 1.165) is 19.4 Å². The van der Waals surface area contributed by atoms with Crippen molar-refractivity contribution in [1.29, 1.82) is 0 Å². The normalized spacial score (nSPS) is 28.3. The van der Waals surface area contributed by atoms with Crippen molar-refractivity contribution in [3.63, 3.8) is 0 Å². The molecule has 0 spiro atoms. The average molecular weight is 229 g/mol. The topological polar surface area (TPSA) is 32.3 Å². The van der Waals surface area contributed by atoms with Crippen LogP contribution in [0, 0.1) is 0 Å². The van der Waals surface area contributed by atoms with Gasteiger partial charge in [-0.15, -0.1) is 0 Å². The maximum atomic E-state index is 11.8. The van der Waals surface area contributed by atoms with E-state index in [1.165, 1.54) is 0 Å². The van der Waals surface area contributed by atoms with Crippen LogP contribution in [-0.4, -0.2) is 35.1 Å². The molecule has 2 nitrogen and oxygen atoms in total. The van der Waals surface area contributed by atoms with Gasteiger partial charge in [0.05, 0.1) is 6.61 Å². The first-order valence-electron chi connectivity index (χ1n) is 4.54. The second-order valence-electron chi connectivity index (χ2n) is 3.51. The van der Waals surface area contributed by atoms with Crippen molar-refractivity contribution >= 4 is 11.8 Å². The number of alkyl halides is 3. The van der Waals surface area contributed by atoms with Crippen LogP contribution >= 0.6 is 11.8 Å². The molecular weight excluding hydrogens is 215 g/mol. The van der Waals surface area contributed by atoms with Crippen molar-refractivity contribution in [3.05, 3.63) is 0 Å². The molecule has 1 saturated heterocycles. The van der Waals surface area contributed by atoms with E-state index >= 15 is 0 Å². The van der Waals surface area contributed by atoms with Gasteiger partial charge in [-0.05, 0) is 25.8 Å². The Hall–Kier alpha value is 0.0600. The monoisotopic (exact) mass is 229 g/mol. The summed E-state index contributed by atoms with van der Waals surface area (Å²) in [5.74, 6) is 0.0110. The molecule has 1 heterocycles. The van der Waals surface area contributed by atoms with Crippen molar-refractivity contribution in [1.82, 2.24) is 5.32 Å². The fraction of sp³-hybridized carbons (Fsp3) is 1.00. The zero-order valence-corrected chi connectivity index (χ0v) is 8.55. The molecule has 1 rings (SSSR count). The van der Waals surface area contributed by atoms with Crippen molar-refractivity contribution in [2.24, 2.45) is 0 Å². The molecule has 1 aliphatic heterocycles. The lowest BCUT2D eigenvalue weighted by Crippen LogP contribution is -2.44. The van der Waals surface area contributed by atoms with Gasteiger partial charge in [0, 0.05) is 11.3 Å². The minimum atomic E-state index is -4.16. The minimum Gasteiger partial charge on any atom is -0.394 e. The first-order chi connectivity index (χ1) is 6.47. The van der Waals surface area contributed by atoms with Crippen LogP contribution in [0.3, 0.4) is 0 Å². The zero-order valence-electron chi connectivity index (χ0n) is 7.73. The number of thioether (sulfide) groups is 1. The molecule has 0 amide bonds. The van der Waals surface area contributed by atoms with Gasteiger partial charge in [0.25, 0.3) is 0 Å². The van der Waals surface area contributed by atoms with E-state index in [1.807, 2.05) is 0 Å². The summed E-state index contributed by atoms with van der Waals surface area (Å²) in [6.45, 7) is 0.711. The van der Waals surface area contributed by atoms with E-state index in [1.54, 1.807) is 0 Å². The van der Waals surface area contributed by atoms with Crippen LogP contribution < -0.4 is 5.32 Å². The largest absolute Gasteiger partial charge is 0.441 e. The number of halogens is 3. The van der Waals surface area contributed by atoms with Crippen LogP contribution in [0.15, 0.2) is 0 Å². The molecule has 0 bridgehead atoms. The highest BCUT2D eigenvalue weighted by Gasteiger charge is 2.35. The summed E-state index contributed by atoms with van der Waals surface area (Å²) < 4.78 is 35.5. The molecule has 0 saturated carbocycles. The summed E-state index contributed by atoms with van der Waals surface area (Å²) in [5.41, 5.74) is -4.62. The maximum Gasteiger partial charge on any atom is 0.441 e. The summed E-state index contributed by atoms with van der Waals surface area (Å²) >= 11 is -0.0168. The Balaban J connectivity index is 2.28. The lowest BCUT2D eigenvalue weighted by atomic mass is 9.96. The molecule has 1 fully saturated rings. The molecule has 2 N–H and O–H groups in total. The molecule has 1 atom stereocenters. The van der Waals surface area contributed by atoms with Crippen LogP contribution in [0.4, 0.5) is 13.2 Å². The Morgan fingerprint density at radius 2 is 2.14 bits per heavy atom. The predicted octanol–water partition coefficient (Wildman–Crippen LogP) is 1.74. The van der Waals surface area contributed by atoms with Crippen molar-refractivity contribution < 1.29 is 18.3 Å². The highest BCUT2D eigenvalue weighted by molar-refractivity contribution is 8.00. The van der Waals surface area contributed by atoms with Gasteiger partial charge in [0.1, 0.15) is 0 Å². The third-order valence-corrected chi connectivity index (χ3v) is 3.22. The van der Waals surface area contributed by atoms with Crippen LogP contribution in [-0.2, 0) is 0 Å². The summed E-state index contributed by atoms with van der Waals surface area (Å²) in [7, 11) is 0. The van der Waals surface area contributed by atoms with E-state index < -0.39 is 11.0 Å². The molecule has 0 aromatic carbocycles. The highest BCUT2D eigenvalue weighted by atomic mass is 32.2. The Bertz CT molecular complexity index is 180. The molecule has 0 radical (unpaired) electrons. The highest BCUT2D eigenvalue weighted by Crippen LogP contribution is 2.33. The molecule has 0 aromatic rings. The third-order valence-electron chi connectivity index (χ3n) is 2.48. The number of nitrogens with one attached hydrogen (secondary N) is 1. The van der Waals surface area contributed by atoms with Gasteiger partial charge in [-0.3, -0.25) is 0 Å². The van der Waals surface area contributed by atoms with Gasteiger partial charge in [-0.1, -0.05) is 11.8 Å². The van der Waals surface area contributed by atoms with Crippen LogP contribution in [0.1, 0.15) is 19.3 Å².